The fourth-order valence-corrected chi connectivity index (χ4v) is 3.62. The van der Waals surface area contributed by atoms with Crippen molar-refractivity contribution in [3.05, 3.63) is 47.0 Å². The van der Waals surface area contributed by atoms with Gasteiger partial charge in [-0.2, -0.15) is 0 Å². The van der Waals surface area contributed by atoms with E-state index in [1.807, 2.05) is 42.6 Å². The number of hydrogen-bond acceptors (Lipinski definition) is 5. The van der Waals surface area contributed by atoms with Crippen LogP contribution in [0.3, 0.4) is 0 Å². The fourth-order valence-electron chi connectivity index (χ4n) is 2.93. The molecule has 25 heavy (non-hydrogen) atoms. The van der Waals surface area contributed by atoms with Gasteiger partial charge in [0.1, 0.15) is 12.1 Å². The molecule has 6 nitrogen and oxygen atoms in total. The summed E-state index contributed by atoms with van der Waals surface area (Å²) in [6, 6.07) is 9.49. The van der Waals surface area contributed by atoms with Crippen molar-refractivity contribution in [2.75, 3.05) is 11.9 Å². The lowest BCUT2D eigenvalue weighted by Crippen LogP contribution is -2.53. The van der Waals surface area contributed by atoms with E-state index >= 15 is 0 Å². The molecule has 2 heterocycles. The van der Waals surface area contributed by atoms with Gasteiger partial charge in [-0.1, -0.05) is 30.3 Å². The van der Waals surface area contributed by atoms with Gasteiger partial charge in [-0.05, 0) is 32.3 Å². The maximum absolute atomic E-state index is 12.7. The molecule has 3 rings (SSSR count). The second kappa shape index (κ2) is 7.23. The summed E-state index contributed by atoms with van der Waals surface area (Å²) < 4.78 is 5.41. The van der Waals surface area contributed by atoms with Crippen molar-refractivity contribution in [3.63, 3.8) is 0 Å². The van der Waals surface area contributed by atoms with Crippen LogP contribution in [-0.4, -0.2) is 34.0 Å². The Morgan fingerprint density at radius 3 is 2.80 bits per heavy atom. The van der Waals surface area contributed by atoms with Gasteiger partial charge in [0, 0.05) is 11.9 Å². The minimum absolute atomic E-state index is 0.194. The Labute approximate surface area is 150 Å². The Morgan fingerprint density at radius 1 is 1.36 bits per heavy atom. The maximum Gasteiger partial charge on any atom is 0.410 e. The lowest BCUT2D eigenvalue weighted by atomic mass is 9.98. The van der Waals surface area contributed by atoms with Crippen molar-refractivity contribution >= 4 is 28.5 Å². The van der Waals surface area contributed by atoms with Gasteiger partial charge in [-0.25, -0.2) is 9.78 Å². The van der Waals surface area contributed by atoms with E-state index in [1.54, 1.807) is 6.92 Å². The number of aryl methyl sites for hydroxylation is 1. The summed E-state index contributed by atoms with van der Waals surface area (Å²) in [5, 5.41) is 5.25. The first-order chi connectivity index (χ1) is 12.0. The summed E-state index contributed by atoms with van der Waals surface area (Å²) in [6.07, 6.45) is 0.902. The Kier molecular flexibility index (Phi) is 5.03. The summed E-state index contributed by atoms with van der Waals surface area (Å²) in [5.74, 6) is -0.226. The lowest BCUT2D eigenvalue weighted by Gasteiger charge is -2.32. The first kappa shape index (κ1) is 17.4. The van der Waals surface area contributed by atoms with Crippen LogP contribution in [0.5, 0.6) is 0 Å². The summed E-state index contributed by atoms with van der Waals surface area (Å²) in [6.45, 7) is 4.35. The van der Waals surface area contributed by atoms with Crippen LogP contribution in [0, 0.1) is 6.92 Å². The highest BCUT2D eigenvalue weighted by Gasteiger charge is 2.46. The van der Waals surface area contributed by atoms with Crippen LogP contribution in [0.4, 0.5) is 9.93 Å². The molecule has 1 aromatic carbocycles. The summed E-state index contributed by atoms with van der Waals surface area (Å²) >= 11 is 1.37. The van der Waals surface area contributed by atoms with Crippen molar-refractivity contribution in [2.45, 2.75) is 38.8 Å². The number of likely N-dealkylation sites (tertiary alicyclic amines) is 1. The summed E-state index contributed by atoms with van der Waals surface area (Å²) in [4.78, 5) is 31.0. The van der Waals surface area contributed by atoms with Gasteiger partial charge in [0.2, 0.25) is 0 Å². The van der Waals surface area contributed by atoms with Gasteiger partial charge >= 0.3 is 6.09 Å². The minimum atomic E-state index is -0.923. The Hall–Kier alpha value is -2.41. The number of carbonyl (C=O) groups is 2. The fraction of sp³-hybridized carbons (Fsp3) is 0.389. The van der Waals surface area contributed by atoms with Crippen LogP contribution in [0.1, 0.15) is 31.0 Å². The molecule has 1 atom stereocenters. The van der Waals surface area contributed by atoms with E-state index in [0.29, 0.717) is 18.1 Å². The average molecular weight is 359 g/mol. The molecule has 2 amide bonds. The number of aromatic nitrogens is 1. The van der Waals surface area contributed by atoms with Crippen LogP contribution >= 0.6 is 11.3 Å². The topological polar surface area (TPSA) is 71.5 Å². The zero-order chi connectivity index (χ0) is 17.9. The molecule has 0 spiro atoms. The van der Waals surface area contributed by atoms with Gasteiger partial charge in [0.15, 0.2) is 5.13 Å². The molecule has 1 unspecified atom stereocenters. The molecule has 0 bridgehead atoms. The van der Waals surface area contributed by atoms with Gasteiger partial charge in [-0.3, -0.25) is 15.0 Å². The first-order valence-corrected chi connectivity index (χ1v) is 9.09. The van der Waals surface area contributed by atoms with E-state index in [4.69, 9.17) is 4.74 Å². The number of thiazole rings is 1. The van der Waals surface area contributed by atoms with Crippen LogP contribution < -0.4 is 5.32 Å². The third-order valence-electron chi connectivity index (χ3n) is 4.40. The van der Waals surface area contributed by atoms with Crippen LogP contribution in [0.25, 0.3) is 0 Å². The molecule has 1 saturated heterocycles. The maximum atomic E-state index is 12.7. The Bertz CT molecular complexity index is 762. The molecule has 1 aromatic heterocycles. The number of anilines is 1. The zero-order valence-corrected chi connectivity index (χ0v) is 15.1. The predicted octanol–water partition coefficient (Wildman–Crippen LogP) is 3.58. The molecule has 7 heteroatoms. The van der Waals surface area contributed by atoms with Crippen LogP contribution in [0.15, 0.2) is 35.7 Å². The second-order valence-corrected chi connectivity index (χ2v) is 7.18. The van der Waals surface area contributed by atoms with Gasteiger partial charge in [0.25, 0.3) is 5.91 Å². The highest BCUT2D eigenvalue weighted by molar-refractivity contribution is 7.13. The second-order valence-electron chi connectivity index (χ2n) is 6.32. The van der Waals surface area contributed by atoms with E-state index in [9.17, 15) is 9.59 Å². The van der Waals surface area contributed by atoms with Crippen molar-refractivity contribution in [2.24, 2.45) is 0 Å². The Balaban J connectivity index is 1.65. The van der Waals surface area contributed by atoms with E-state index in [-0.39, 0.29) is 12.5 Å². The number of hydrogen-bond donors (Lipinski definition) is 1. The molecule has 132 valence electrons. The van der Waals surface area contributed by atoms with E-state index in [1.165, 1.54) is 16.2 Å². The van der Waals surface area contributed by atoms with E-state index in [2.05, 4.69) is 10.3 Å². The summed E-state index contributed by atoms with van der Waals surface area (Å²) in [7, 11) is 0. The van der Waals surface area contributed by atoms with E-state index < -0.39 is 11.6 Å². The van der Waals surface area contributed by atoms with Gasteiger partial charge in [0.05, 0.1) is 5.69 Å². The molecule has 1 N–H and O–H groups in total. The van der Waals surface area contributed by atoms with Crippen molar-refractivity contribution in [3.8, 4) is 0 Å². The predicted molar refractivity (Wildman–Crippen MR) is 96.5 cm³/mol. The number of nitrogens with one attached hydrogen (secondary N) is 1. The molecule has 2 aromatic rings. The first-order valence-electron chi connectivity index (χ1n) is 8.21. The number of rotatable bonds is 4. The molecular formula is C18H21N3O3S. The van der Waals surface area contributed by atoms with Crippen LogP contribution in [0.2, 0.25) is 0 Å². The smallest absolute Gasteiger partial charge is 0.410 e. The molecule has 1 fully saturated rings. The third-order valence-corrected chi connectivity index (χ3v) is 5.27. The van der Waals surface area contributed by atoms with Crippen molar-refractivity contribution < 1.29 is 14.3 Å². The number of ether oxygens (including phenoxy) is 1. The lowest BCUT2D eigenvalue weighted by molar-refractivity contribution is -0.125. The molecule has 0 aliphatic carbocycles. The molecule has 0 saturated carbocycles. The molecule has 1 aliphatic rings. The van der Waals surface area contributed by atoms with Crippen molar-refractivity contribution in [1.29, 1.82) is 0 Å². The highest BCUT2D eigenvalue weighted by Crippen LogP contribution is 2.31. The quantitative estimate of drug-likeness (QED) is 0.906. The third kappa shape index (κ3) is 3.82. The number of nitrogens with zero attached hydrogens (tertiary/aromatic N) is 2. The van der Waals surface area contributed by atoms with Gasteiger partial charge < -0.3 is 4.74 Å². The molecule has 1 aliphatic heterocycles. The number of amides is 2. The van der Waals surface area contributed by atoms with E-state index in [0.717, 1.165) is 17.7 Å². The van der Waals surface area contributed by atoms with Crippen molar-refractivity contribution in [1.82, 2.24) is 9.88 Å². The minimum Gasteiger partial charge on any atom is -0.445 e. The number of carbonyl (C=O) groups excluding carboxylic acids is 2. The number of benzene rings is 1. The summed E-state index contributed by atoms with van der Waals surface area (Å²) in [5.41, 5.74) is 0.850. The molecular weight excluding hydrogens is 338 g/mol. The molecule has 0 radical (unpaired) electrons. The standard InChI is InChI=1S/C18H21N3O3S/c1-13-12-25-16(19-13)20-15(22)18(2)9-6-10-21(18)17(23)24-11-14-7-4-3-5-8-14/h3-5,7-8,12H,6,9-11H2,1-2H3,(H,19,20,22). The largest absolute Gasteiger partial charge is 0.445 e. The monoisotopic (exact) mass is 359 g/mol. The Morgan fingerprint density at radius 2 is 2.12 bits per heavy atom. The van der Waals surface area contributed by atoms with Crippen LogP contribution in [-0.2, 0) is 16.1 Å². The average Bonchev–Trinajstić information content (AvgIpc) is 3.20. The SMILES string of the molecule is Cc1csc(NC(=O)C2(C)CCCN2C(=O)OCc2ccccc2)n1. The van der Waals surface area contributed by atoms with Gasteiger partial charge in [-0.15, -0.1) is 11.3 Å². The highest BCUT2D eigenvalue weighted by atomic mass is 32.1. The zero-order valence-electron chi connectivity index (χ0n) is 14.3. The normalized spacial score (nSPS) is 19.7.